The Bertz CT molecular complexity index is 726. The van der Waals surface area contributed by atoms with Crippen LogP contribution in [-0.4, -0.2) is 46.1 Å². The van der Waals surface area contributed by atoms with Crippen LogP contribution in [0.1, 0.15) is 34.6 Å². The molecule has 2 aliphatic heterocycles. The Kier molecular flexibility index (Phi) is 4.63. The highest BCUT2D eigenvalue weighted by Crippen LogP contribution is 2.24. The molecule has 2 heterocycles. The maximum atomic E-state index is 12.3. The van der Waals surface area contributed by atoms with Gasteiger partial charge in [-0.15, -0.1) is 17.0 Å². The third-order valence-corrected chi connectivity index (χ3v) is 3.52. The Hall–Kier alpha value is -2.46. The predicted octanol–water partition coefficient (Wildman–Crippen LogP) is 0.431. The highest BCUT2D eigenvalue weighted by Gasteiger charge is 2.38. The minimum absolute atomic E-state index is 0. The number of imide groups is 1. The number of hydroxylamine groups is 2. The molecule has 0 spiro atoms. The van der Waals surface area contributed by atoms with E-state index in [1.165, 1.54) is 5.06 Å². The van der Waals surface area contributed by atoms with Crippen molar-refractivity contribution in [1.82, 2.24) is 9.96 Å². The number of guanidine groups is 2. The maximum Gasteiger partial charge on any atom is 0.263 e. The maximum absolute atomic E-state index is 12.3. The van der Waals surface area contributed by atoms with Crippen LogP contribution in [0, 0.1) is 0 Å². The van der Waals surface area contributed by atoms with E-state index in [-0.39, 0.29) is 35.6 Å². The molecule has 0 bridgehead atoms. The first kappa shape index (κ1) is 17.9. The monoisotopic (exact) mass is 396 g/mol. The molecule has 10 heteroatoms. The number of carbonyl (C=O) groups excluding carboxylic acids is 2. The van der Waals surface area contributed by atoms with Crippen molar-refractivity contribution in [2.24, 2.45) is 21.5 Å². The Morgan fingerprint density at radius 1 is 1.12 bits per heavy atom. The molecule has 0 radical (unpaired) electrons. The Morgan fingerprint density at radius 2 is 1.67 bits per heavy atom. The van der Waals surface area contributed by atoms with Crippen molar-refractivity contribution in [1.29, 1.82) is 0 Å². The normalized spacial score (nSPS) is 18.8. The van der Waals surface area contributed by atoms with Crippen molar-refractivity contribution in [3.8, 4) is 0 Å². The molecule has 128 valence electrons. The molecule has 1 aromatic rings. The largest absolute Gasteiger partial charge is 0.368 e. The molecule has 0 atom stereocenters. The van der Waals surface area contributed by atoms with Gasteiger partial charge in [0.2, 0.25) is 11.9 Å². The number of rotatable bonds is 3. The highest BCUT2D eigenvalue weighted by molar-refractivity contribution is 8.93. The van der Waals surface area contributed by atoms with E-state index in [0.29, 0.717) is 11.1 Å². The molecule has 0 aromatic heterocycles. The van der Waals surface area contributed by atoms with E-state index in [4.69, 9.17) is 16.3 Å². The van der Waals surface area contributed by atoms with E-state index in [2.05, 4.69) is 9.98 Å². The van der Waals surface area contributed by atoms with E-state index in [1.54, 1.807) is 38.1 Å². The number of benzene rings is 1. The number of nitrogens with zero attached hydrogens (tertiary/aromatic N) is 4. The standard InChI is InChI=1S/C14H16N6O3.BrH/c1-14(2)18-12(15)17-13(16)20(14)23-7-19-10(21)8-5-3-4-6-9(8)11(19)22;/h3-6H,7H2,1-2H3,(H4,15,16,17,18);1H. The Balaban J connectivity index is 0.00000208. The molecule has 2 amide bonds. The molecule has 0 fully saturated rings. The van der Waals surface area contributed by atoms with Crippen molar-refractivity contribution in [2.75, 3.05) is 6.73 Å². The fourth-order valence-corrected chi connectivity index (χ4v) is 2.49. The number of nitrogens with two attached hydrogens (primary N) is 2. The van der Waals surface area contributed by atoms with Gasteiger partial charge in [-0.2, -0.15) is 10.1 Å². The number of fused-ring (bicyclic) bond motifs is 1. The van der Waals surface area contributed by atoms with Crippen LogP contribution in [0.2, 0.25) is 0 Å². The number of carbonyl (C=O) groups is 2. The summed E-state index contributed by atoms with van der Waals surface area (Å²) in [5.41, 5.74) is 11.1. The van der Waals surface area contributed by atoms with Gasteiger partial charge >= 0.3 is 0 Å². The Morgan fingerprint density at radius 3 is 2.17 bits per heavy atom. The zero-order chi connectivity index (χ0) is 16.8. The molecule has 2 aliphatic rings. The minimum Gasteiger partial charge on any atom is -0.368 e. The van der Waals surface area contributed by atoms with Crippen molar-refractivity contribution in [3.05, 3.63) is 35.4 Å². The van der Waals surface area contributed by atoms with Crippen LogP contribution in [0.25, 0.3) is 0 Å². The van der Waals surface area contributed by atoms with Crippen LogP contribution in [0.15, 0.2) is 34.3 Å². The number of halogens is 1. The molecule has 0 saturated heterocycles. The fourth-order valence-electron chi connectivity index (χ4n) is 2.49. The predicted molar refractivity (Wildman–Crippen MR) is 92.4 cm³/mol. The van der Waals surface area contributed by atoms with Crippen molar-refractivity contribution in [2.45, 2.75) is 19.5 Å². The summed E-state index contributed by atoms with van der Waals surface area (Å²) < 4.78 is 0. The molecule has 0 aliphatic carbocycles. The van der Waals surface area contributed by atoms with Gasteiger partial charge in [0.25, 0.3) is 11.8 Å². The third-order valence-electron chi connectivity index (χ3n) is 3.52. The summed E-state index contributed by atoms with van der Waals surface area (Å²) >= 11 is 0. The second-order valence-corrected chi connectivity index (χ2v) is 5.57. The zero-order valence-corrected chi connectivity index (χ0v) is 14.8. The van der Waals surface area contributed by atoms with Gasteiger partial charge in [-0.3, -0.25) is 9.59 Å². The number of aliphatic imine (C=N–C) groups is 2. The molecule has 1 aromatic carbocycles. The second-order valence-electron chi connectivity index (χ2n) is 5.57. The number of amides is 2. The lowest BCUT2D eigenvalue weighted by molar-refractivity contribution is -0.176. The molecule has 4 N–H and O–H groups in total. The van der Waals surface area contributed by atoms with Crippen LogP contribution in [0.5, 0.6) is 0 Å². The lowest BCUT2D eigenvalue weighted by atomic mass is 10.1. The van der Waals surface area contributed by atoms with Gasteiger partial charge in [-0.05, 0) is 26.0 Å². The minimum atomic E-state index is -0.908. The molecule has 0 saturated carbocycles. The highest BCUT2D eigenvalue weighted by atomic mass is 79.9. The van der Waals surface area contributed by atoms with E-state index in [1.807, 2.05) is 0 Å². The third kappa shape index (κ3) is 2.85. The average Bonchev–Trinajstić information content (AvgIpc) is 2.70. The fraction of sp³-hybridized carbons (Fsp3) is 0.286. The summed E-state index contributed by atoms with van der Waals surface area (Å²) in [7, 11) is 0. The topological polar surface area (TPSA) is 127 Å². The summed E-state index contributed by atoms with van der Waals surface area (Å²) in [6.45, 7) is 3.12. The quantitative estimate of drug-likeness (QED) is 0.713. The summed E-state index contributed by atoms with van der Waals surface area (Å²) in [4.78, 5) is 39.0. The van der Waals surface area contributed by atoms with Gasteiger partial charge in [-0.25, -0.2) is 14.7 Å². The number of hydrogen-bond donors (Lipinski definition) is 2. The first-order chi connectivity index (χ1) is 10.8. The molecule has 0 unspecified atom stereocenters. The van der Waals surface area contributed by atoms with Crippen LogP contribution >= 0.6 is 17.0 Å². The molecule has 9 nitrogen and oxygen atoms in total. The molecular formula is C14H17BrN6O3. The van der Waals surface area contributed by atoms with E-state index >= 15 is 0 Å². The van der Waals surface area contributed by atoms with E-state index in [9.17, 15) is 9.59 Å². The molecule has 24 heavy (non-hydrogen) atoms. The van der Waals surface area contributed by atoms with Gasteiger partial charge < -0.3 is 11.5 Å². The van der Waals surface area contributed by atoms with Crippen LogP contribution in [0.4, 0.5) is 0 Å². The SMILES string of the molecule is Br.CC1(C)N=C(N)N=C(N)N1OCN1C(=O)c2ccccc2C1=O. The van der Waals surface area contributed by atoms with Gasteiger partial charge in [0.15, 0.2) is 12.4 Å². The summed E-state index contributed by atoms with van der Waals surface area (Å²) in [6, 6.07) is 6.59. The van der Waals surface area contributed by atoms with Crippen molar-refractivity contribution < 1.29 is 14.4 Å². The lowest BCUT2D eigenvalue weighted by Crippen LogP contribution is -2.55. The zero-order valence-electron chi connectivity index (χ0n) is 13.1. The van der Waals surface area contributed by atoms with Crippen molar-refractivity contribution >= 4 is 40.7 Å². The van der Waals surface area contributed by atoms with E-state index < -0.39 is 17.5 Å². The Labute approximate surface area is 148 Å². The lowest BCUT2D eigenvalue weighted by Gasteiger charge is -2.37. The van der Waals surface area contributed by atoms with Gasteiger partial charge in [0, 0.05) is 0 Å². The first-order valence-electron chi connectivity index (χ1n) is 6.89. The second kappa shape index (κ2) is 6.21. The van der Waals surface area contributed by atoms with Crippen molar-refractivity contribution in [3.63, 3.8) is 0 Å². The van der Waals surface area contributed by atoms with E-state index in [0.717, 1.165) is 4.90 Å². The summed E-state index contributed by atoms with van der Waals surface area (Å²) in [6.07, 6.45) is 0. The summed E-state index contributed by atoms with van der Waals surface area (Å²) in [5.74, 6) is -0.801. The molecular weight excluding hydrogens is 380 g/mol. The van der Waals surface area contributed by atoms with Crippen LogP contribution in [0.3, 0.4) is 0 Å². The summed E-state index contributed by atoms with van der Waals surface area (Å²) in [5, 5.41) is 1.22. The number of hydrogen-bond acceptors (Lipinski definition) is 8. The van der Waals surface area contributed by atoms with Crippen LogP contribution < -0.4 is 11.5 Å². The van der Waals surface area contributed by atoms with Gasteiger partial charge in [0.1, 0.15) is 0 Å². The van der Waals surface area contributed by atoms with Crippen LogP contribution in [-0.2, 0) is 4.84 Å². The van der Waals surface area contributed by atoms with Gasteiger partial charge in [0.05, 0.1) is 11.1 Å². The first-order valence-corrected chi connectivity index (χ1v) is 6.89. The smallest absolute Gasteiger partial charge is 0.263 e. The van der Waals surface area contributed by atoms with Gasteiger partial charge in [-0.1, -0.05) is 12.1 Å². The average molecular weight is 397 g/mol. The molecule has 3 rings (SSSR count).